The summed E-state index contributed by atoms with van der Waals surface area (Å²) in [7, 11) is 0. The van der Waals surface area contributed by atoms with Crippen molar-refractivity contribution in [3.8, 4) is 0 Å². The molecule has 0 amide bonds. The van der Waals surface area contributed by atoms with Crippen molar-refractivity contribution in [2.45, 2.75) is 70.8 Å². The van der Waals surface area contributed by atoms with E-state index in [1.54, 1.807) is 0 Å². The van der Waals surface area contributed by atoms with Crippen LogP contribution in [0.25, 0.3) is 0 Å². The Bertz CT molecular complexity index is 672. The lowest BCUT2D eigenvalue weighted by Gasteiger charge is -2.56. The van der Waals surface area contributed by atoms with Crippen LogP contribution in [0.3, 0.4) is 0 Å². The van der Waals surface area contributed by atoms with E-state index in [-0.39, 0.29) is 22.9 Å². The van der Waals surface area contributed by atoms with E-state index in [1.165, 1.54) is 16.7 Å². The summed E-state index contributed by atoms with van der Waals surface area (Å²) in [6.07, 6.45) is 5.56. The van der Waals surface area contributed by atoms with Crippen LogP contribution in [0.15, 0.2) is 23.4 Å². The normalized spacial score (nSPS) is 34.0. The topological polar surface area (TPSA) is 67.8 Å². The maximum atomic E-state index is 11.2. The highest BCUT2D eigenvalue weighted by molar-refractivity contribution is 5.67. The fourth-order valence-electron chi connectivity index (χ4n) is 5.49. The summed E-state index contributed by atoms with van der Waals surface area (Å²) in [6.45, 7) is 9.89. The molecule has 2 aliphatic carbocycles. The molecule has 0 spiro atoms. The van der Waals surface area contributed by atoms with E-state index in [0.29, 0.717) is 19.1 Å². The van der Waals surface area contributed by atoms with Crippen LogP contribution >= 0.6 is 0 Å². The fraction of sp³-hybridized carbons (Fsp3) is 0.682. The maximum Gasteiger partial charge on any atom is 0.129 e. The lowest BCUT2D eigenvalue weighted by molar-refractivity contribution is -0.0308. The van der Waals surface area contributed by atoms with Crippen molar-refractivity contribution in [3.63, 3.8) is 0 Å². The number of rotatable bonds is 5. The molecule has 4 atom stereocenters. The number of hydrogen-bond acceptors (Lipinski definition) is 4. The zero-order valence-corrected chi connectivity index (χ0v) is 16.7. The monoisotopic (exact) mass is 358 g/mol. The largest absolute Gasteiger partial charge is 0.395 e. The molecule has 0 aliphatic heterocycles. The summed E-state index contributed by atoms with van der Waals surface area (Å²) in [4.78, 5) is 5.27. The minimum absolute atomic E-state index is 0.0323. The SMILES string of the molecule is CC(C)c1ccc2c(c1)CC(O)C1[C@@](C)(/C=N/OCCN)CCC[C@]21C. The maximum absolute atomic E-state index is 11.2. The molecule has 0 saturated heterocycles. The molecule has 26 heavy (non-hydrogen) atoms. The van der Waals surface area contributed by atoms with Gasteiger partial charge in [0.15, 0.2) is 0 Å². The van der Waals surface area contributed by atoms with E-state index < -0.39 is 0 Å². The van der Waals surface area contributed by atoms with Crippen LogP contribution in [0.5, 0.6) is 0 Å². The van der Waals surface area contributed by atoms with Crippen LogP contribution in [0, 0.1) is 11.3 Å². The lowest BCUT2D eigenvalue weighted by atomic mass is 9.49. The number of aliphatic hydroxyl groups excluding tert-OH is 1. The Morgan fingerprint density at radius 3 is 2.81 bits per heavy atom. The number of hydrogen-bond donors (Lipinski definition) is 2. The number of nitrogens with zero attached hydrogens (tertiary/aromatic N) is 1. The standard InChI is InChI=1S/C22H34N2O2/c1-15(2)16-6-7-18-17(12-16)13-19(25)20-21(3,14-24-26-11-10-23)8-5-9-22(18,20)4/h6-7,12,14-15,19-20,25H,5,8-11,13,23H2,1-4H3/b24-14+/t19?,20?,21-,22-/m1/s1. The molecular formula is C22H34N2O2. The molecule has 144 valence electrons. The highest BCUT2D eigenvalue weighted by Gasteiger charge is 2.55. The first-order chi connectivity index (χ1) is 12.3. The number of aliphatic hydroxyl groups is 1. The molecule has 1 aromatic rings. The van der Waals surface area contributed by atoms with Gasteiger partial charge in [0, 0.05) is 17.9 Å². The second-order valence-corrected chi connectivity index (χ2v) is 8.95. The molecular weight excluding hydrogens is 324 g/mol. The first-order valence-corrected chi connectivity index (χ1v) is 10.00. The zero-order valence-electron chi connectivity index (χ0n) is 16.7. The van der Waals surface area contributed by atoms with Gasteiger partial charge >= 0.3 is 0 Å². The summed E-state index contributed by atoms with van der Waals surface area (Å²) < 4.78 is 0. The van der Waals surface area contributed by atoms with Gasteiger partial charge in [-0.25, -0.2) is 0 Å². The molecule has 4 heteroatoms. The second-order valence-electron chi connectivity index (χ2n) is 8.95. The average Bonchev–Trinajstić information content (AvgIpc) is 2.58. The average molecular weight is 359 g/mol. The fourth-order valence-corrected chi connectivity index (χ4v) is 5.49. The Balaban J connectivity index is 1.98. The van der Waals surface area contributed by atoms with Crippen LogP contribution in [0.2, 0.25) is 0 Å². The molecule has 3 rings (SSSR count). The van der Waals surface area contributed by atoms with Gasteiger partial charge in [0.2, 0.25) is 0 Å². The van der Waals surface area contributed by atoms with Crippen LogP contribution in [-0.2, 0) is 16.7 Å². The molecule has 0 bridgehead atoms. The summed E-state index contributed by atoms with van der Waals surface area (Å²) in [6, 6.07) is 6.90. The first kappa shape index (κ1) is 19.4. The number of benzene rings is 1. The van der Waals surface area contributed by atoms with Gasteiger partial charge in [0.25, 0.3) is 0 Å². The predicted molar refractivity (Wildman–Crippen MR) is 107 cm³/mol. The van der Waals surface area contributed by atoms with Crippen molar-refractivity contribution in [2.24, 2.45) is 22.2 Å². The van der Waals surface area contributed by atoms with Crippen molar-refractivity contribution in [1.82, 2.24) is 0 Å². The van der Waals surface area contributed by atoms with E-state index >= 15 is 0 Å². The minimum atomic E-state index is -0.360. The van der Waals surface area contributed by atoms with E-state index in [4.69, 9.17) is 10.6 Å². The van der Waals surface area contributed by atoms with Gasteiger partial charge in [0.1, 0.15) is 6.61 Å². The molecule has 4 nitrogen and oxygen atoms in total. The van der Waals surface area contributed by atoms with Gasteiger partial charge in [-0.1, -0.05) is 57.5 Å². The van der Waals surface area contributed by atoms with Crippen LogP contribution in [0.1, 0.15) is 69.6 Å². The Morgan fingerprint density at radius 2 is 2.12 bits per heavy atom. The third kappa shape index (κ3) is 3.29. The minimum Gasteiger partial charge on any atom is -0.395 e. The third-order valence-electron chi connectivity index (χ3n) is 6.66. The van der Waals surface area contributed by atoms with Gasteiger partial charge in [0.05, 0.1) is 12.3 Å². The number of oxime groups is 1. The van der Waals surface area contributed by atoms with Crippen LogP contribution in [0.4, 0.5) is 0 Å². The zero-order chi connectivity index (χ0) is 18.9. The molecule has 1 fully saturated rings. The summed E-state index contributed by atoms with van der Waals surface area (Å²) in [5.41, 5.74) is 9.37. The van der Waals surface area contributed by atoms with Crippen LogP contribution in [-0.4, -0.2) is 30.6 Å². The van der Waals surface area contributed by atoms with Gasteiger partial charge < -0.3 is 15.7 Å². The Labute approximate surface area is 157 Å². The molecule has 0 heterocycles. The van der Waals surface area contributed by atoms with Crippen molar-refractivity contribution in [1.29, 1.82) is 0 Å². The summed E-state index contributed by atoms with van der Waals surface area (Å²) in [5, 5.41) is 15.4. The van der Waals surface area contributed by atoms with Gasteiger partial charge in [-0.3, -0.25) is 0 Å². The van der Waals surface area contributed by atoms with E-state index in [1.807, 2.05) is 6.21 Å². The lowest BCUT2D eigenvalue weighted by Crippen LogP contribution is -2.56. The quantitative estimate of drug-likeness (QED) is 0.478. The molecule has 1 saturated carbocycles. The molecule has 0 radical (unpaired) electrons. The highest BCUT2D eigenvalue weighted by atomic mass is 16.6. The summed E-state index contributed by atoms with van der Waals surface area (Å²) >= 11 is 0. The van der Waals surface area contributed by atoms with Crippen molar-refractivity contribution >= 4 is 6.21 Å². The molecule has 0 aromatic heterocycles. The van der Waals surface area contributed by atoms with E-state index in [2.05, 4.69) is 51.0 Å². The highest BCUT2D eigenvalue weighted by Crippen LogP contribution is 2.56. The van der Waals surface area contributed by atoms with Gasteiger partial charge in [-0.15, -0.1) is 0 Å². The van der Waals surface area contributed by atoms with Crippen molar-refractivity contribution in [3.05, 3.63) is 34.9 Å². The molecule has 2 aliphatic rings. The van der Waals surface area contributed by atoms with Crippen molar-refractivity contribution in [2.75, 3.05) is 13.2 Å². The Kier molecular flexibility index (Phi) is 5.45. The molecule has 3 N–H and O–H groups in total. The Hall–Kier alpha value is -1.39. The van der Waals surface area contributed by atoms with E-state index in [9.17, 15) is 5.11 Å². The predicted octanol–water partition coefficient (Wildman–Crippen LogP) is 3.75. The van der Waals surface area contributed by atoms with Crippen molar-refractivity contribution < 1.29 is 9.94 Å². The Morgan fingerprint density at radius 1 is 1.35 bits per heavy atom. The van der Waals surface area contributed by atoms with E-state index in [0.717, 1.165) is 25.7 Å². The number of fused-ring (bicyclic) bond motifs is 3. The third-order valence-corrected chi connectivity index (χ3v) is 6.66. The molecule has 2 unspecified atom stereocenters. The first-order valence-electron chi connectivity index (χ1n) is 10.00. The molecule has 1 aromatic carbocycles. The second kappa shape index (κ2) is 7.32. The smallest absolute Gasteiger partial charge is 0.129 e. The van der Waals surface area contributed by atoms with Gasteiger partial charge in [-0.2, -0.15) is 0 Å². The van der Waals surface area contributed by atoms with Crippen LogP contribution < -0.4 is 5.73 Å². The van der Waals surface area contributed by atoms with Gasteiger partial charge in [-0.05, 0) is 47.3 Å². The number of nitrogens with two attached hydrogens (primary N) is 1. The summed E-state index contributed by atoms with van der Waals surface area (Å²) in [5.74, 6) is 0.651.